The first kappa shape index (κ1) is 23.2. The average molecular weight is 472 g/mol. The topological polar surface area (TPSA) is 68.9 Å². The van der Waals surface area contributed by atoms with Gasteiger partial charge in [-0.25, -0.2) is 9.07 Å². The van der Waals surface area contributed by atoms with E-state index in [2.05, 4.69) is 10.4 Å². The number of halogens is 4. The van der Waals surface area contributed by atoms with E-state index in [1.54, 1.807) is 26.0 Å². The second-order valence-electron chi connectivity index (χ2n) is 7.97. The fourth-order valence-electron chi connectivity index (χ4n) is 3.96. The van der Waals surface area contributed by atoms with Crippen molar-refractivity contribution in [3.05, 3.63) is 87.1 Å². The molecule has 0 aliphatic heterocycles. The van der Waals surface area contributed by atoms with Crippen LogP contribution >= 0.6 is 0 Å². The van der Waals surface area contributed by atoms with E-state index in [0.29, 0.717) is 11.8 Å². The SMILES string of the molecule is Cc1cccc(C)c1NC(=O)Cn1c(=O)cc(C(F)(F)F)c2c(C)nn(-c3cccc(F)c3)c21. The van der Waals surface area contributed by atoms with E-state index in [9.17, 15) is 27.2 Å². The number of aromatic nitrogens is 3. The summed E-state index contributed by atoms with van der Waals surface area (Å²) in [5.41, 5.74) is -0.222. The van der Waals surface area contributed by atoms with Crippen LogP contribution in [0.25, 0.3) is 16.7 Å². The van der Waals surface area contributed by atoms with Crippen molar-refractivity contribution in [3.8, 4) is 5.69 Å². The van der Waals surface area contributed by atoms with Gasteiger partial charge >= 0.3 is 6.18 Å². The van der Waals surface area contributed by atoms with Gasteiger partial charge in [-0.1, -0.05) is 24.3 Å². The van der Waals surface area contributed by atoms with Crippen LogP contribution in [0.1, 0.15) is 22.4 Å². The van der Waals surface area contributed by atoms with Crippen LogP contribution in [0.5, 0.6) is 0 Å². The van der Waals surface area contributed by atoms with Gasteiger partial charge < -0.3 is 5.32 Å². The molecule has 176 valence electrons. The standard InChI is InChI=1S/C24H20F4N4O2/c1-13-6-4-7-14(2)22(13)29-19(33)12-31-20(34)11-18(24(26,27)28)21-15(3)30-32(23(21)31)17-9-5-8-16(25)10-17/h4-11H,12H2,1-3H3,(H,29,33). The molecule has 0 radical (unpaired) electrons. The summed E-state index contributed by atoms with van der Waals surface area (Å²) in [6.45, 7) is 4.39. The van der Waals surface area contributed by atoms with Crippen LogP contribution in [0.3, 0.4) is 0 Å². The monoisotopic (exact) mass is 472 g/mol. The molecule has 0 aliphatic rings. The van der Waals surface area contributed by atoms with Crippen LogP contribution in [0.2, 0.25) is 0 Å². The van der Waals surface area contributed by atoms with Crippen LogP contribution in [0.15, 0.2) is 53.3 Å². The number of nitrogens with one attached hydrogen (secondary N) is 1. The van der Waals surface area contributed by atoms with Gasteiger partial charge in [0.2, 0.25) is 5.91 Å². The van der Waals surface area contributed by atoms with Crippen molar-refractivity contribution in [1.29, 1.82) is 0 Å². The Morgan fingerprint density at radius 3 is 2.29 bits per heavy atom. The molecule has 0 saturated heterocycles. The Kier molecular flexibility index (Phi) is 5.76. The molecule has 1 amide bonds. The number of hydrogen-bond acceptors (Lipinski definition) is 3. The molecule has 0 bridgehead atoms. The third-order valence-corrected chi connectivity index (χ3v) is 5.50. The molecule has 10 heteroatoms. The van der Waals surface area contributed by atoms with Crippen molar-refractivity contribution in [2.75, 3.05) is 5.32 Å². The zero-order valence-electron chi connectivity index (χ0n) is 18.5. The van der Waals surface area contributed by atoms with Crippen molar-refractivity contribution in [1.82, 2.24) is 14.3 Å². The molecule has 0 spiro atoms. The summed E-state index contributed by atoms with van der Waals surface area (Å²) in [6.07, 6.45) is -4.84. The maximum absolute atomic E-state index is 13.9. The van der Waals surface area contributed by atoms with Gasteiger partial charge in [0.15, 0.2) is 0 Å². The number of amides is 1. The summed E-state index contributed by atoms with van der Waals surface area (Å²) in [7, 11) is 0. The molecule has 1 N–H and O–H groups in total. The Morgan fingerprint density at radius 1 is 1.03 bits per heavy atom. The van der Waals surface area contributed by atoms with Crippen LogP contribution in [-0.2, 0) is 17.5 Å². The van der Waals surface area contributed by atoms with E-state index >= 15 is 0 Å². The molecular formula is C24H20F4N4O2. The summed E-state index contributed by atoms with van der Waals surface area (Å²) >= 11 is 0. The number of hydrogen-bond donors (Lipinski definition) is 1. The molecule has 0 saturated carbocycles. The van der Waals surface area contributed by atoms with Crippen molar-refractivity contribution in [3.63, 3.8) is 0 Å². The third kappa shape index (κ3) is 4.18. The van der Waals surface area contributed by atoms with Crippen molar-refractivity contribution in [2.45, 2.75) is 33.5 Å². The smallest absolute Gasteiger partial charge is 0.324 e. The highest BCUT2D eigenvalue weighted by Crippen LogP contribution is 2.36. The van der Waals surface area contributed by atoms with Gasteiger partial charge in [-0.15, -0.1) is 0 Å². The minimum atomic E-state index is -4.84. The van der Waals surface area contributed by atoms with Crippen molar-refractivity contribution in [2.24, 2.45) is 0 Å². The van der Waals surface area contributed by atoms with Gasteiger partial charge in [-0.3, -0.25) is 14.2 Å². The van der Waals surface area contributed by atoms with E-state index in [1.165, 1.54) is 25.1 Å². The second kappa shape index (κ2) is 8.44. The van der Waals surface area contributed by atoms with Gasteiger partial charge in [-0.05, 0) is 50.1 Å². The lowest BCUT2D eigenvalue weighted by Crippen LogP contribution is -2.30. The molecule has 0 unspecified atom stereocenters. The number of benzene rings is 2. The highest BCUT2D eigenvalue weighted by molar-refractivity contribution is 5.93. The summed E-state index contributed by atoms with van der Waals surface area (Å²) in [6, 6.07) is 11.0. The van der Waals surface area contributed by atoms with Gasteiger partial charge in [0.1, 0.15) is 18.0 Å². The highest BCUT2D eigenvalue weighted by atomic mass is 19.4. The molecule has 0 fully saturated rings. The van der Waals surface area contributed by atoms with Gasteiger partial charge in [0, 0.05) is 11.8 Å². The van der Waals surface area contributed by atoms with Gasteiger partial charge in [0.05, 0.1) is 22.3 Å². The fourth-order valence-corrected chi connectivity index (χ4v) is 3.96. The van der Waals surface area contributed by atoms with Gasteiger partial charge in [-0.2, -0.15) is 18.3 Å². The number of para-hydroxylation sites is 1. The first-order valence-electron chi connectivity index (χ1n) is 10.3. The molecule has 2 aromatic carbocycles. The third-order valence-electron chi connectivity index (χ3n) is 5.50. The first-order valence-corrected chi connectivity index (χ1v) is 10.3. The summed E-state index contributed by atoms with van der Waals surface area (Å²) in [5.74, 6) is -1.24. The Balaban J connectivity index is 1.92. The molecular weight excluding hydrogens is 452 g/mol. The quantitative estimate of drug-likeness (QED) is 0.429. The Labute approximate surface area is 191 Å². The summed E-state index contributed by atoms with van der Waals surface area (Å²) < 4.78 is 57.2. The molecule has 4 aromatic rings. The number of alkyl halides is 3. The van der Waals surface area contributed by atoms with E-state index < -0.39 is 35.6 Å². The number of carbonyl (C=O) groups excluding carboxylic acids is 1. The maximum atomic E-state index is 13.9. The zero-order chi connectivity index (χ0) is 24.8. The molecule has 6 nitrogen and oxygen atoms in total. The molecule has 4 rings (SSSR count). The first-order chi connectivity index (χ1) is 16.0. The van der Waals surface area contributed by atoms with E-state index in [-0.39, 0.29) is 22.4 Å². The number of carbonyl (C=O) groups is 1. The van der Waals surface area contributed by atoms with Crippen LogP contribution < -0.4 is 10.9 Å². The number of fused-ring (bicyclic) bond motifs is 1. The van der Waals surface area contributed by atoms with E-state index in [0.717, 1.165) is 26.4 Å². The lowest BCUT2D eigenvalue weighted by atomic mass is 10.1. The second-order valence-corrected chi connectivity index (χ2v) is 7.97. The maximum Gasteiger partial charge on any atom is 0.417 e. The molecule has 0 aliphatic carbocycles. The van der Waals surface area contributed by atoms with E-state index in [4.69, 9.17) is 0 Å². The Bertz CT molecular complexity index is 1460. The number of nitrogens with zero attached hydrogens (tertiary/aromatic N) is 3. The lowest BCUT2D eigenvalue weighted by molar-refractivity contribution is -0.136. The van der Waals surface area contributed by atoms with Crippen LogP contribution in [0.4, 0.5) is 23.2 Å². The van der Waals surface area contributed by atoms with Crippen LogP contribution in [0, 0.1) is 26.6 Å². The summed E-state index contributed by atoms with van der Waals surface area (Å²) in [4.78, 5) is 25.7. The molecule has 0 atom stereocenters. The normalized spacial score (nSPS) is 11.7. The van der Waals surface area contributed by atoms with E-state index in [1.807, 2.05) is 6.07 Å². The van der Waals surface area contributed by atoms with Crippen LogP contribution in [-0.4, -0.2) is 20.3 Å². The number of pyridine rings is 1. The Hall–Kier alpha value is -3.95. The predicted molar refractivity (Wildman–Crippen MR) is 120 cm³/mol. The minimum Gasteiger partial charge on any atom is -0.324 e. The average Bonchev–Trinajstić information content (AvgIpc) is 3.09. The molecule has 34 heavy (non-hydrogen) atoms. The predicted octanol–water partition coefficient (Wildman–Crippen LogP) is 4.91. The largest absolute Gasteiger partial charge is 0.417 e. The Morgan fingerprint density at radius 2 is 1.68 bits per heavy atom. The zero-order valence-corrected chi connectivity index (χ0v) is 18.5. The van der Waals surface area contributed by atoms with Crippen molar-refractivity contribution >= 4 is 22.6 Å². The molecule has 2 aromatic heterocycles. The fraction of sp³-hybridized carbons (Fsp3) is 0.208. The number of aryl methyl sites for hydroxylation is 3. The van der Waals surface area contributed by atoms with Gasteiger partial charge in [0.25, 0.3) is 5.56 Å². The minimum absolute atomic E-state index is 0.0181. The number of rotatable bonds is 4. The molecule has 2 heterocycles. The lowest BCUT2D eigenvalue weighted by Gasteiger charge is -2.16. The summed E-state index contributed by atoms with van der Waals surface area (Å²) in [5, 5.41) is 6.55. The van der Waals surface area contributed by atoms with Crippen molar-refractivity contribution < 1.29 is 22.4 Å². The highest BCUT2D eigenvalue weighted by Gasteiger charge is 2.36. The number of anilines is 1.